The Bertz CT molecular complexity index is 1210. The molecule has 9 nitrogen and oxygen atoms in total. The highest BCUT2D eigenvalue weighted by Crippen LogP contribution is 2.41. The standard InChI is InChI=1S/C23H24ClN5O4S/c1-13-9-15(16-10-19(24)26-12-18(16)31-2)17(11-25-13)20(30)27-21-28-29-22(34-21)33-14-3-5-23(6-4-14)7-8-32-23/h9-12,14H,3-8H2,1-2H3,(H,27,28,30)/t14-,23+. The van der Waals surface area contributed by atoms with Crippen molar-refractivity contribution in [2.45, 2.75) is 50.7 Å². The fraction of sp³-hybridized carbons (Fsp3) is 0.435. The van der Waals surface area contributed by atoms with Gasteiger partial charge in [-0.1, -0.05) is 16.7 Å². The molecule has 0 bridgehead atoms. The summed E-state index contributed by atoms with van der Waals surface area (Å²) in [4.78, 5) is 21.5. The normalized spacial score (nSPS) is 21.7. The highest BCUT2D eigenvalue weighted by Gasteiger charge is 2.42. The van der Waals surface area contributed by atoms with Crippen molar-refractivity contribution in [2.75, 3.05) is 19.0 Å². The second-order valence-electron chi connectivity index (χ2n) is 8.50. The Morgan fingerprint density at radius 2 is 1.97 bits per heavy atom. The number of aryl methyl sites for hydroxylation is 1. The first kappa shape index (κ1) is 22.9. The van der Waals surface area contributed by atoms with E-state index in [0.717, 1.165) is 44.4 Å². The first-order chi connectivity index (χ1) is 16.4. The molecule has 1 aliphatic carbocycles. The zero-order valence-corrected chi connectivity index (χ0v) is 20.4. The van der Waals surface area contributed by atoms with Crippen LogP contribution in [0.25, 0.3) is 11.1 Å². The van der Waals surface area contributed by atoms with Gasteiger partial charge in [-0.25, -0.2) is 4.98 Å². The molecule has 1 N–H and O–H groups in total. The summed E-state index contributed by atoms with van der Waals surface area (Å²) >= 11 is 7.31. The van der Waals surface area contributed by atoms with E-state index in [2.05, 4.69) is 25.5 Å². The predicted molar refractivity (Wildman–Crippen MR) is 128 cm³/mol. The molecule has 0 atom stereocenters. The van der Waals surface area contributed by atoms with Crippen LogP contribution in [-0.2, 0) is 4.74 Å². The Morgan fingerprint density at radius 1 is 1.18 bits per heavy atom. The molecule has 5 rings (SSSR count). The van der Waals surface area contributed by atoms with Crippen LogP contribution in [0.5, 0.6) is 10.9 Å². The largest absolute Gasteiger partial charge is 0.494 e. The van der Waals surface area contributed by atoms with Gasteiger partial charge in [-0.2, -0.15) is 0 Å². The molecular formula is C23H24ClN5O4S. The van der Waals surface area contributed by atoms with Gasteiger partial charge in [0.25, 0.3) is 11.1 Å². The number of anilines is 1. The molecule has 1 amide bonds. The summed E-state index contributed by atoms with van der Waals surface area (Å²) in [6, 6.07) is 3.46. The highest BCUT2D eigenvalue weighted by molar-refractivity contribution is 7.17. The SMILES string of the molecule is COc1cnc(Cl)cc1-c1cc(C)ncc1C(=O)Nc1nnc(O[C@H]2CC[C@]3(CCO3)CC2)s1. The van der Waals surface area contributed by atoms with Gasteiger partial charge >= 0.3 is 0 Å². The van der Waals surface area contributed by atoms with Crippen molar-refractivity contribution in [2.24, 2.45) is 0 Å². The Morgan fingerprint density at radius 3 is 2.68 bits per heavy atom. The van der Waals surface area contributed by atoms with Crippen molar-refractivity contribution in [1.29, 1.82) is 0 Å². The second-order valence-corrected chi connectivity index (χ2v) is 9.83. The van der Waals surface area contributed by atoms with Crippen molar-refractivity contribution in [1.82, 2.24) is 20.2 Å². The minimum absolute atomic E-state index is 0.0849. The molecule has 3 aromatic rings. The van der Waals surface area contributed by atoms with Gasteiger partial charge in [0.05, 0.1) is 31.1 Å². The van der Waals surface area contributed by atoms with Crippen molar-refractivity contribution >= 4 is 34.0 Å². The molecule has 1 saturated carbocycles. The predicted octanol–water partition coefficient (Wildman–Crippen LogP) is 4.70. The number of carbonyl (C=O) groups excluding carboxylic acids is 1. The van der Waals surface area contributed by atoms with E-state index in [1.165, 1.54) is 30.8 Å². The molecule has 1 aliphatic heterocycles. The summed E-state index contributed by atoms with van der Waals surface area (Å²) in [5, 5.41) is 12.1. The summed E-state index contributed by atoms with van der Waals surface area (Å²) in [5.74, 6) is 0.124. The van der Waals surface area contributed by atoms with E-state index in [9.17, 15) is 4.79 Å². The number of carbonyl (C=O) groups is 1. The zero-order valence-electron chi connectivity index (χ0n) is 18.8. The van der Waals surface area contributed by atoms with E-state index in [0.29, 0.717) is 37.9 Å². The van der Waals surface area contributed by atoms with Crippen LogP contribution < -0.4 is 14.8 Å². The van der Waals surface area contributed by atoms with E-state index in [1.807, 2.05) is 6.92 Å². The molecule has 1 saturated heterocycles. The number of ether oxygens (including phenoxy) is 3. The van der Waals surface area contributed by atoms with Crippen LogP contribution in [0.15, 0.2) is 24.5 Å². The number of halogens is 1. The molecule has 2 fully saturated rings. The van der Waals surface area contributed by atoms with E-state index in [1.54, 1.807) is 12.1 Å². The molecule has 11 heteroatoms. The van der Waals surface area contributed by atoms with Crippen LogP contribution in [0, 0.1) is 6.92 Å². The van der Waals surface area contributed by atoms with Gasteiger partial charge < -0.3 is 14.2 Å². The topological polar surface area (TPSA) is 108 Å². The third-order valence-corrected chi connectivity index (χ3v) is 7.27. The lowest BCUT2D eigenvalue weighted by Gasteiger charge is -2.46. The van der Waals surface area contributed by atoms with Gasteiger partial charge in [-0.05, 0) is 62.5 Å². The first-order valence-electron chi connectivity index (χ1n) is 11.1. The zero-order chi connectivity index (χ0) is 23.7. The molecule has 0 radical (unpaired) electrons. The van der Waals surface area contributed by atoms with E-state index < -0.39 is 0 Å². The maximum Gasteiger partial charge on any atom is 0.296 e. The second kappa shape index (κ2) is 9.44. The van der Waals surface area contributed by atoms with Crippen LogP contribution in [0.3, 0.4) is 0 Å². The third kappa shape index (κ3) is 4.70. The number of methoxy groups -OCH3 is 1. The molecule has 4 heterocycles. The lowest BCUT2D eigenvalue weighted by Crippen LogP contribution is -2.47. The monoisotopic (exact) mass is 501 g/mol. The molecule has 3 aromatic heterocycles. The summed E-state index contributed by atoms with van der Waals surface area (Å²) in [6.07, 6.45) is 8.13. The molecule has 0 unspecified atom stereocenters. The summed E-state index contributed by atoms with van der Waals surface area (Å²) in [6.45, 7) is 2.71. The van der Waals surface area contributed by atoms with Gasteiger partial charge in [0.2, 0.25) is 5.13 Å². The maximum atomic E-state index is 13.2. The fourth-order valence-electron chi connectivity index (χ4n) is 4.39. The highest BCUT2D eigenvalue weighted by atomic mass is 35.5. The van der Waals surface area contributed by atoms with Gasteiger partial charge in [-0.15, -0.1) is 5.10 Å². The van der Waals surface area contributed by atoms with Crippen LogP contribution in [0.1, 0.15) is 48.2 Å². The maximum absolute atomic E-state index is 13.2. The number of nitrogens with zero attached hydrogens (tertiary/aromatic N) is 4. The van der Waals surface area contributed by atoms with Crippen molar-refractivity contribution in [3.63, 3.8) is 0 Å². The molecule has 2 aliphatic rings. The van der Waals surface area contributed by atoms with E-state index in [4.69, 9.17) is 25.8 Å². The summed E-state index contributed by atoms with van der Waals surface area (Å²) < 4.78 is 17.2. The molecular weight excluding hydrogens is 478 g/mol. The Labute approximate surface area is 205 Å². The van der Waals surface area contributed by atoms with Crippen LogP contribution in [-0.4, -0.2) is 51.5 Å². The van der Waals surface area contributed by atoms with Crippen LogP contribution in [0.4, 0.5) is 5.13 Å². The number of rotatable bonds is 6. The van der Waals surface area contributed by atoms with E-state index >= 15 is 0 Å². The fourth-order valence-corrected chi connectivity index (χ4v) is 5.20. The van der Waals surface area contributed by atoms with Crippen molar-refractivity contribution < 1.29 is 19.0 Å². The Kier molecular flexibility index (Phi) is 6.37. The number of hydrogen-bond donors (Lipinski definition) is 1. The smallest absolute Gasteiger partial charge is 0.296 e. The number of pyridine rings is 2. The number of nitrogens with one attached hydrogen (secondary N) is 1. The van der Waals surface area contributed by atoms with Crippen LogP contribution >= 0.6 is 22.9 Å². The molecule has 178 valence electrons. The van der Waals surface area contributed by atoms with Crippen molar-refractivity contribution in [3.05, 3.63) is 40.9 Å². The Hall–Kier alpha value is -2.82. The molecule has 0 aromatic carbocycles. The average Bonchev–Trinajstić information content (AvgIpc) is 3.25. The average molecular weight is 502 g/mol. The first-order valence-corrected chi connectivity index (χ1v) is 12.3. The number of aromatic nitrogens is 4. The van der Waals surface area contributed by atoms with Gasteiger partial charge in [0.15, 0.2) is 0 Å². The minimum Gasteiger partial charge on any atom is -0.494 e. The van der Waals surface area contributed by atoms with Crippen molar-refractivity contribution in [3.8, 4) is 22.1 Å². The van der Waals surface area contributed by atoms with Gasteiger partial charge in [0, 0.05) is 23.0 Å². The van der Waals surface area contributed by atoms with E-state index in [-0.39, 0.29) is 17.6 Å². The number of amides is 1. The summed E-state index contributed by atoms with van der Waals surface area (Å²) in [7, 11) is 1.54. The van der Waals surface area contributed by atoms with Gasteiger partial charge in [-0.3, -0.25) is 15.1 Å². The van der Waals surface area contributed by atoms with Crippen LogP contribution in [0.2, 0.25) is 5.15 Å². The van der Waals surface area contributed by atoms with Gasteiger partial charge in [0.1, 0.15) is 17.0 Å². The minimum atomic E-state index is -0.373. The lowest BCUT2D eigenvalue weighted by molar-refractivity contribution is -0.173. The lowest BCUT2D eigenvalue weighted by atomic mass is 9.78. The Balaban J connectivity index is 1.30. The third-order valence-electron chi connectivity index (χ3n) is 6.33. The quantitative estimate of drug-likeness (QED) is 0.484. The molecule has 1 spiro atoms. The summed E-state index contributed by atoms with van der Waals surface area (Å²) in [5.41, 5.74) is 2.45. The molecule has 34 heavy (non-hydrogen) atoms. The number of hydrogen-bond acceptors (Lipinski definition) is 9.